The van der Waals surface area contributed by atoms with Crippen LogP contribution in [0, 0.1) is 12.3 Å². The van der Waals surface area contributed by atoms with Crippen molar-refractivity contribution in [2.24, 2.45) is 0 Å². The quantitative estimate of drug-likeness (QED) is 0.501. The van der Waals surface area contributed by atoms with Gasteiger partial charge in [0, 0.05) is 0 Å². The molecule has 14 heavy (non-hydrogen) atoms. The Morgan fingerprint density at radius 1 is 1.36 bits per heavy atom. The largest absolute Gasteiger partial charge is 0.290 e. The molecule has 0 aromatic rings. The van der Waals surface area contributed by atoms with Crippen LogP contribution in [0.2, 0.25) is 0 Å². The van der Waals surface area contributed by atoms with Crippen LogP contribution < -0.4 is 0 Å². The minimum absolute atomic E-state index is 0.0376. The van der Waals surface area contributed by atoms with Gasteiger partial charge in [-0.3, -0.25) is 9.69 Å². The van der Waals surface area contributed by atoms with Gasteiger partial charge in [0.05, 0.1) is 5.54 Å². The molecule has 1 aliphatic rings. The standard InChI is InChI=1S/C12H19NO/c1-4-11(14)12(5-2,6-3)13-9-7-8-10-13/h1H,5-10H2,2-3H3. The number of terminal acetylenes is 1. The normalized spacial score (nSPS) is 18.1. The molecular formula is C12H19NO. The number of hydrogen-bond donors (Lipinski definition) is 0. The molecule has 0 N–H and O–H groups in total. The van der Waals surface area contributed by atoms with E-state index in [2.05, 4.69) is 24.7 Å². The summed E-state index contributed by atoms with van der Waals surface area (Å²) in [6.07, 6.45) is 9.29. The Bertz CT molecular complexity index is 242. The zero-order chi connectivity index (χ0) is 10.6. The number of hydrogen-bond acceptors (Lipinski definition) is 2. The molecule has 1 aliphatic heterocycles. The number of nitrogens with zero attached hydrogens (tertiary/aromatic N) is 1. The first kappa shape index (κ1) is 11.3. The lowest BCUT2D eigenvalue weighted by atomic mass is 9.86. The first-order valence-electron chi connectivity index (χ1n) is 5.47. The molecule has 0 unspecified atom stereocenters. The van der Waals surface area contributed by atoms with Crippen molar-refractivity contribution in [1.82, 2.24) is 4.90 Å². The fourth-order valence-corrected chi connectivity index (χ4v) is 2.44. The Labute approximate surface area is 86.7 Å². The summed E-state index contributed by atoms with van der Waals surface area (Å²) in [5.74, 6) is 2.27. The number of rotatable bonds is 4. The van der Waals surface area contributed by atoms with Crippen molar-refractivity contribution in [1.29, 1.82) is 0 Å². The fraction of sp³-hybridized carbons (Fsp3) is 0.750. The lowest BCUT2D eigenvalue weighted by Gasteiger charge is -2.37. The van der Waals surface area contributed by atoms with Crippen LogP contribution in [0.1, 0.15) is 39.5 Å². The van der Waals surface area contributed by atoms with E-state index in [0.717, 1.165) is 25.9 Å². The average Bonchev–Trinajstić information content (AvgIpc) is 2.74. The third-order valence-electron chi connectivity index (χ3n) is 3.43. The van der Waals surface area contributed by atoms with E-state index in [4.69, 9.17) is 6.42 Å². The fourth-order valence-electron chi connectivity index (χ4n) is 2.44. The van der Waals surface area contributed by atoms with E-state index in [1.165, 1.54) is 12.8 Å². The second kappa shape index (κ2) is 4.61. The third kappa shape index (κ3) is 1.69. The number of carbonyl (C=O) groups excluding carboxylic acids is 1. The summed E-state index contributed by atoms with van der Waals surface area (Å²) in [4.78, 5) is 14.1. The number of Topliss-reactive ketones (excluding diaryl/α,β-unsaturated/α-hetero) is 1. The Kier molecular flexibility index (Phi) is 3.71. The summed E-state index contributed by atoms with van der Waals surface area (Å²) in [5, 5.41) is 0. The molecular weight excluding hydrogens is 174 g/mol. The van der Waals surface area contributed by atoms with Crippen molar-refractivity contribution >= 4 is 5.78 Å². The van der Waals surface area contributed by atoms with Crippen molar-refractivity contribution in [2.45, 2.75) is 45.1 Å². The van der Waals surface area contributed by atoms with Gasteiger partial charge in [-0.1, -0.05) is 13.8 Å². The van der Waals surface area contributed by atoms with E-state index in [1.807, 2.05) is 0 Å². The van der Waals surface area contributed by atoms with Gasteiger partial charge in [0.2, 0.25) is 5.78 Å². The monoisotopic (exact) mass is 193 g/mol. The summed E-state index contributed by atoms with van der Waals surface area (Å²) in [5.41, 5.74) is -0.370. The second-order valence-corrected chi connectivity index (χ2v) is 3.91. The van der Waals surface area contributed by atoms with E-state index in [0.29, 0.717) is 0 Å². The number of carbonyl (C=O) groups is 1. The summed E-state index contributed by atoms with van der Waals surface area (Å²) < 4.78 is 0. The van der Waals surface area contributed by atoms with Crippen LogP contribution in [0.15, 0.2) is 0 Å². The highest BCUT2D eigenvalue weighted by molar-refractivity contribution is 6.02. The molecule has 0 aromatic carbocycles. The van der Waals surface area contributed by atoms with Crippen LogP contribution in [-0.2, 0) is 4.79 Å². The molecule has 2 heteroatoms. The Balaban J connectivity index is 2.90. The molecule has 0 amide bonds. The van der Waals surface area contributed by atoms with Crippen LogP contribution in [-0.4, -0.2) is 29.3 Å². The topological polar surface area (TPSA) is 20.3 Å². The van der Waals surface area contributed by atoms with E-state index in [9.17, 15) is 4.79 Å². The first-order valence-corrected chi connectivity index (χ1v) is 5.47. The molecule has 0 saturated carbocycles. The van der Waals surface area contributed by atoms with Crippen LogP contribution in [0.5, 0.6) is 0 Å². The summed E-state index contributed by atoms with van der Waals surface area (Å²) in [6.45, 7) is 6.15. The maximum absolute atomic E-state index is 11.8. The van der Waals surface area contributed by atoms with Crippen LogP contribution >= 0.6 is 0 Å². The summed E-state index contributed by atoms with van der Waals surface area (Å²) >= 11 is 0. The van der Waals surface area contributed by atoms with Gasteiger partial charge in [-0.2, -0.15) is 0 Å². The van der Waals surface area contributed by atoms with Gasteiger partial charge in [-0.05, 0) is 44.7 Å². The second-order valence-electron chi connectivity index (χ2n) is 3.91. The van der Waals surface area contributed by atoms with E-state index in [1.54, 1.807) is 0 Å². The van der Waals surface area contributed by atoms with Crippen molar-refractivity contribution < 1.29 is 4.79 Å². The van der Waals surface area contributed by atoms with Gasteiger partial charge in [-0.25, -0.2) is 0 Å². The molecule has 1 heterocycles. The molecule has 0 aromatic heterocycles. The minimum Gasteiger partial charge on any atom is -0.290 e. The molecule has 1 rings (SSSR count). The molecule has 78 valence electrons. The van der Waals surface area contributed by atoms with Crippen LogP contribution in [0.25, 0.3) is 0 Å². The lowest BCUT2D eigenvalue weighted by Crippen LogP contribution is -2.52. The maximum Gasteiger partial charge on any atom is 0.225 e. The highest BCUT2D eigenvalue weighted by Gasteiger charge is 2.40. The van der Waals surface area contributed by atoms with Gasteiger partial charge in [0.1, 0.15) is 0 Å². The number of ketones is 1. The molecule has 0 atom stereocenters. The molecule has 0 aliphatic carbocycles. The van der Waals surface area contributed by atoms with Gasteiger partial charge >= 0.3 is 0 Å². The SMILES string of the molecule is C#CC(=O)C(CC)(CC)N1CCCC1. The molecule has 1 saturated heterocycles. The van der Waals surface area contributed by atoms with E-state index >= 15 is 0 Å². The minimum atomic E-state index is -0.370. The Morgan fingerprint density at radius 3 is 2.21 bits per heavy atom. The lowest BCUT2D eigenvalue weighted by molar-refractivity contribution is -0.125. The first-order chi connectivity index (χ1) is 6.71. The zero-order valence-corrected chi connectivity index (χ0v) is 9.18. The molecule has 0 spiro atoms. The smallest absolute Gasteiger partial charge is 0.225 e. The predicted molar refractivity (Wildman–Crippen MR) is 58.0 cm³/mol. The van der Waals surface area contributed by atoms with Crippen molar-refractivity contribution in [3.05, 3.63) is 0 Å². The Morgan fingerprint density at radius 2 is 1.86 bits per heavy atom. The third-order valence-corrected chi connectivity index (χ3v) is 3.43. The molecule has 0 bridgehead atoms. The molecule has 2 nitrogen and oxygen atoms in total. The zero-order valence-electron chi connectivity index (χ0n) is 9.18. The molecule has 0 radical (unpaired) electrons. The highest BCUT2D eigenvalue weighted by atomic mass is 16.1. The van der Waals surface area contributed by atoms with Crippen LogP contribution in [0.4, 0.5) is 0 Å². The predicted octanol–water partition coefficient (Wildman–Crippen LogP) is 1.84. The van der Waals surface area contributed by atoms with Gasteiger partial charge in [0.15, 0.2) is 0 Å². The summed E-state index contributed by atoms with van der Waals surface area (Å²) in [6, 6.07) is 0. The summed E-state index contributed by atoms with van der Waals surface area (Å²) in [7, 11) is 0. The maximum atomic E-state index is 11.8. The average molecular weight is 193 g/mol. The Hall–Kier alpha value is -0.810. The van der Waals surface area contributed by atoms with Gasteiger partial charge in [0.25, 0.3) is 0 Å². The number of likely N-dealkylation sites (tertiary alicyclic amines) is 1. The van der Waals surface area contributed by atoms with Crippen molar-refractivity contribution in [2.75, 3.05) is 13.1 Å². The van der Waals surface area contributed by atoms with Gasteiger partial charge in [-0.15, -0.1) is 6.42 Å². The van der Waals surface area contributed by atoms with Gasteiger partial charge < -0.3 is 0 Å². The van der Waals surface area contributed by atoms with E-state index < -0.39 is 0 Å². The highest BCUT2D eigenvalue weighted by Crippen LogP contribution is 2.28. The van der Waals surface area contributed by atoms with Crippen molar-refractivity contribution in [3.8, 4) is 12.3 Å². The van der Waals surface area contributed by atoms with E-state index in [-0.39, 0.29) is 11.3 Å². The molecule has 1 fully saturated rings. The van der Waals surface area contributed by atoms with Crippen LogP contribution in [0.3, 0.4) is 0 Å². The van der Waals surface area contributed by atoms with Crippen molar-refractivity contribution in [3.63, 3.8) is 0 Å².